The molecule has 0 aromatic carbocycles. The molecule has 2 fully saturated rings. The molecule has 2 rings (SSSR count). The smallest absolute Gasteiger partial charge is 0.245 e. The van der Waals surface area contributed by atoms with Gasteiger partial charge in [-0.05, 0) is 82.6 Å². The number of guanidine groups is 1. The summed E-state index contributed by atoms with van der Waals surface area (Å²) >= 11 is 0. The van der Waals surface area contributed by atoms with Gasteiger partial charge in [0.05, 0.1) is 12.1 Å². The molecule has 16 nitrogen and oxygen atoms in total. The standard InChI is InChI=1S/C33H60N10O6/c1-20(2)18-24(28(45)41-25(19-44)21(3)4)40-30(47)27-13-9-17-43(27)32(49)23(11-5-6-14-34)39-29(46)26-12-8-16-42(26)31(48)22(35)10-7-15-38-33(36)37/h19-27H,5-18,34-35H2,1-4H3,(H,39,46)(H,40,47)(H,41,45)(H4,36,37,38)/t22-,23-,24-,25+,26-,27-/m0/s1. The van der Waals surface area contributed by atoms with E-state index in [2.05, 4.69) is 20.9 Å². The first kappa shape index (κ1) is 41.4. The summed E-state index contributed by atoms with van der Waals surface area (Å²) in [5.41, 5.74) is 22.6. The Labute approximate surface area is 290 Å². The van der Waals surface area contributed by atoms with E-state index in [0.717, 1.165) is 0 Å². The Morgan fingerprint density at radius 2 is 1.39 bits per heavy atom. The van der Waals surface area contributed by atoms with Gasteiger partial charge < -0.3 is 53.5 Å². The second kappa shape index (κ2) is 20.7. The van der Waals surface area contributed by atoms with Gasteiger partial charge in [-0.1, -0.05) is 27.7 Å². The molecular formula is C33H60N10O6. The second-order valence-corrected chi connectivity index (χ2v) is 13.9. The van der Waals surface area contributed by atoms with E-state index >= 15 is 0 Å². The first-order chi connectivity index (χ1) is 23.2. The van der Waals surface area contributed by atoms with Crippen LogP contribution in [0.15, 0.2) is 4.99 Å². The molecule has 278 valence electrons. The summed E-state index contributed by atoms with van der Waals surface area (Å²) < 4.78 is 0. The number of likely N-dealkylation sites (tertiary alicyclic amines) is 2. The van der Waals surface area contributed by atoms with Gasteiger partial charge in [-0.2, -0.15) is 0 Å². The molecule has 0 aromatic heterocycles. The Bertz CT molecular complexity index is 1160. The highest BCUT2D eigenvalue weighted by atomic mass is 16.2. The predicted molar refractivity (Wildman–Crippen MR) is 186 cm³/mol. The average molecular weight is 693 g/mol. The summed E-state index contributed by atoms with van der Waals surface area (Å²) in [7, 11) is 0. The van der Waals surface area contributed by atoms with Gasteiger partial charge in [-0.25, -0.2) is 0 Å². The number of rotatable bonds is 20. The van der Waals surface area contributed by atoms with Gasteiger partial charge in [0.1, 0.15) is 30.5 Å². The van der Waals surface area contributed by atoms with Crippen molar-refractivity contribution in [2.24, 2.45) is 39.8 Å². The van der Waals surface area contributed by atoms with E-state index in [9.17, 15) is 28.8 Å². The number of hydrogen-bond donors (Lipinski definition) is 7. The Balaban J connectivity index is 2.17. The van der Waals surface area contributed by atoms with Crippen LogP contribution in [0.25, 0.3) is 0 Å². The van der Waals surface area contributed by atoms with Crippen molar-refractivity contribution in [3.05, 3.63) is 0 Å². The molecule has 2 aliphatic rings. The lowest BCUT2D eigenvalue weighted by Gasteiger charge is -2.32. The van der Waals surface area contributed by atoms with Crippen LogP contribution in [0.2, 0.25) is 0 Å². The first-order valence-corrected chi connectivity index (χ1v) is 17.7. The lowest BCUT2D eigenvalue weighted by atomic mass is 10.0. The average Bonchev–Trinajstić information content (AvgIpc) is 3.74. The Hall–Kier alpha value is -3.79. The molecule has 0 saturated carbocycles. The summed E-state index contributed by atoms with van der Waals surface area (Å²) in [6.45, 7) is 8.91. The third kappa shape index (κ3) is 12.9. The highest BCUT2D eigenvalue weighted by Crippen LogP contribution is 2.23. The van der Waals surface area contributed by atoms with Crippen LogP contribution < -0.4 is 38.9 Å². The van der Waals surface area contributed by atoms with Crippen molar-refractivity contribution in [1.29, 1.82) is 0 Å². The highest BCUT2D eigenvalue weighted by molar-refractivity contribution is 5.96. The number of aldehydes is 1. The van der Waals surface area contributed by atoms with Gasteiger partial charge in [-0.3, -0.25) is 29.0 Å². The lowest BCUT2D eigenvalue weighted by Crippen LogP contribution is -2.58. The van der Waals surface area contributed by atoms with Gasteiger partial charge in [0.25, 0.3) is 0 Å². The maximum atomic E-state index is 14.0. The number of nitrogens with two attached hydrogens (primary N) is 4. The molecule has 2 saturated heterocycles. The van der Waals surface area contributed by atoms with Gasteiger partial charge in [-0.15, -0.1) is 0 Å². The van der Waals surface area contributed by atoms with Gasteiger partial charge in [0.2, 0.25) is 29.5 Å². The molecule has 6 atom stereocenters. The zero-order valence-corrected chi connectivity index (χ0v) is 29.7. The normalized spacial score (nSPS) is 20.0. The molecular weight excluding hydrogens is 632 g/mol. The third-order valence-corrected chi connectivity index (χ3v) is 9.04. The van der Waals surface area contributed by atoms with Crippen molar-refractivity contribution in [3.8, 4) is 0 Å². The predicted octanol–water partition coefficient (Wildman–Crippen LogP) is -1.17. The fourth-order valence-corrected chi connectivity index (χ4v) is 6.27. The number of carbonyl (C=O) groups excluding carboxylic acids is 6. The van der Waals surface area contributed by atoms with Crippen molar-refractivity contribution in [2.75, 3.05) is 26.2 Å². The van der Waals surface area contributed by atoms with Crippen molar-refractivity contribution < 1.29 is 28.8 Å². The number of carbonyl (C=O) groups is 6. The summed E-state index contributed by atoms with van der Waals surface area (Å²) in [6.07, 6.45) is 5.37. The number of nitrogens with zero attached hydrogens (tertiary/aromatic N) is 3. The second-order valence-electron chi connectivity index (χ2n) is 13.9. The molecule has 0 unspecified atom stereocenters. The summed E-state index contributed by atoms with van der Waals surface area (Å²) in [5.74, 6) is -2.23. The third-order valence-electron chi connectivity index (χ3n) is 9.04. The fourth-order valence-electron chi connectivity index (χ4n) is 6.27. The Kier molecular flexibility index (Phi) is 17.4. The molecule has 16 heteroatoms. The maximum absolute atomic E-state index is 14.0. The summed E-state index contributed by atoms with van der Waals surface area (Å²) in [5, 5.41) is 8.44. The number of hydrogen-bond acceptors (Lipinski definition) is 9. The maximum Gasteiger partial charge on any atom is 0.245 e. The van der Waals surface area contributed by atoms with E-state index in [1.54, 1.807) is 0 Å². The Morgan fingerprint density at radius 3 is 1.90 bits per heavy atom. The summed E-state index contributed by atoms with van der Waals surface area (Å²) in [6, 6.07) is -4.97. The van der Waals surface area contributed by atoms with Crippen LogP contribution >= 0.6 is 0 Å². The minimum Gasteiger partial charge on any atom is -0.370 e. The molecule has 5 amide bonds. The van der Waals surface area contributed by atoms with Crippen molar-refractivity contribution in [2.45, 2.75) is 128 Å². The molecule has 2 heterocycles. The van der Waals surface area contributed by atoms with Crippen LogP contribution in [0.3, 0.4) is 0 Å². The summed E-state index contributed by atoms with van der Waals surface area (Å²) in [4.78, 5) is 86.1. The van der Waals surface area contributed by atoms with Gasteiger partial charge in [0.15, 0.2) is 5.96 Å². The first-order valence-electron chi connectivity index (χ1n) is 17.7. The molecule has 2 aliphatic heterocycles. The van der Waals surface area contributed by atoms with Gasteiger partial charge >= 0.3 is 0 Å². The van der Waals surface area contributed by atoms with Crippen molar-refractivity contribution >= 4 is 41.8 Å². The minimum absolute atomic E-state index is 0.0405. The number of aliphatic imine (C=N–C) groups is 1. The molecule has 0 spiro atoms. The molecule has 49 heavy (non-hydrogen) atoms. The number of unbranched alkanes of at least 4 members (excludes halogenated alkanes) is 1. The minimum atomic E-state index is -0.938. The fraction of sp³-hybridized carbons (Fsp3) is 0.788. The zero-order chi connectivity index (χ0) is 36.7. The molecule has 0 radical (unpaired) electrons. The van der Waals surface area contributed by atoms with E-state index in [1.807, 2.05) is 27.7 Å². The lowest BCUT2D eigenvalue weighted by molar-refractivity contribution is -0.144. The zero-order valence-electron chi connectivity index (χ0n) is 29.7. The van der Waals surface area contributed by atoms with Crippen LogP contribution in [-0.2, 0) is 28.8 Å². The SMILES string of the molecule is CC(C)C[C@H](NC(=O)[C@@H]1CCCN1C(=O)[C@H](CCCCN)NC(=O)[C@@H]1CCCN1C(=O)[C@@H](N)CCCN=C(N)N)C(=O)N[C@H](C=O)C(C)C. The molecule has 0 aromatic rings. The number of nitrogens with one attached hydrogen (secondary N) is 3. The van der Waals surface area contributed by atoms with Crippen molar-refractivity contribution in [3.63, 3.8) is 0 Å². The van der Waals surface area contributed by atoms with E-state index in [-0.39, 0.29) is 23.7 Å². The number of amides is 5. The van der Waals surface area contributed by atoms with E-state index in [1.165, 1.54) is 9.80 Å². The van der Waals surface area contributed by atoms with Crippen LogP contribution in [-0.4, -0.2) is 114 Å². The van der Waals surface area contributed by atoms with Crippen LogP contribution in [0.4, 0.5) is 0 Å². The molecule has 0 bridgehead atoms. The van der Waals surface area contributed by atoms with Crippen molar-refractivity contribution in [1.82, 2.24) is 25.8 Å². The van der Waals surface area contributed by atoms with Crippen LogP contribution in [0.5, 0.6) is 0 Å². The monoisotopic (exact) mass is 692 g/mol. The van der Waals surface area contributed by atoms with Crippen LogP contribution in [0.1, 0.15) is 91.9 Å². The van der Waals surface area contributed by atoms with E-state index < -0.39 is 59.9 Å². The quantitative estimate of drug-likeness (QED) is 0.0348. The van der Waals surface area contributed by atoms with Gasteiger partial charge in [0, 0.05) is 19.6 Å². The van der Waals surface area contributed by atoms with E-state index in [4.69, 9.17) is 22.9 Å². The molecule has 11 N–H and O–H groups in total. The molecule has 0 aliphatic carbocycles. The topological polar surface area (TPSA) is 261 Å². The highest BCUT2D eigenvalue weighted by Gasteiger charge is 2.41. The van der Waals surface area contributed by atoms with E-state index in [0.29, 0.717) is 96.7 Å². The van der Waals surface area contributed by atoms with Crippen LogP contribution in [0, 0.1) is 11.8 Å². The largest absolute Gasteiger partial charge is 0.370 e. The Morgan fingerprint density at radius 1 is 0.816 bits per heavy atom.